The van der Waals surface area contributed by atoms with Crippen molar-refractivity contribution < 1.29 is 55.3 Å². The van der Waals surface area contributed by atoms with Crippen molar-refractivity contribution in [1.82, 2.24) is 0 Å². The molecule has 0 N–H and O–H groups in total. The van der Waals surface area contributed by atoms with E-state index in [1.807, 2.05) is 6.08 Å². The second kappa shape index (κ2) is 18.8. The van der Waals surface area contributed by atoms with Gasteiger partial charge in [-0.3, -0.25) is 4.18 Å². The number of esters is 2. The summed E-state index contributed by atoms with van der Waals surface area (Å²) in [5.74, 6) is -1.41. The third-order valence-electron chi connectivity index (χ3n) is 7.56. The highest BCUT2D eigenvalue weighted by Gasteiger charge is 2.45. The first-order valence-corrected chi connectivity index (χ1v) is 22.3. The number of carbonyl (C=O) groups is 2. The minimum Gasteiger partial charge on any atom is -0.497 e. The van der Waals surface area contributed by atoms with Crippen LogP contribution in [0.5, 0.6) is 11.5 Å². The van der Waals surface area contributed by atoms with Crippen LogP contribution in [0.15, 0.2) is 60.7 Å². The average Bonchev–Trinajstić information content (AvgIpc) is 3.35. The van der Waals surface area contributed by atoms with E-state index in [0.29, 0.717) is 23.3 Å². The Hall–Kier alpha value is -3.53. The maximum absolute atomic E-state index is 13.5. The first kappa shape index (κ1) is 41.9. The molecular formula is C37H52O12SSi. The summed E-state index contributed by atoms with van der Waals surface area (Å²) in [6.45, 7) is 12.0. The van der Waals surface area contributed by atoms with E-state index < -0.39 is 60.3 Å². The predicted molar refractivity (Wildman–Crippen MR) is 196 cm³/mol. The van der Waals surface area contributed by atoms with Crippen molar-refractivity contribution in [2.75, 3.05) is 33.9 Å². The van der Waals surface area contributed by atoms with E-state index in [-0.39, 0.29) is 31.1 Å². The molecule has 0 saturated carbocycles. The van der Waals surface area contributed by atoms with Crippen molar-refractivity contribution in [3.63, 3.8) is 0 Å². The Kier molecular flexibility index (Phi) is 15.4. The van der Waals surface area contributed by atoms with Gasteiger partial charge in [0.15, 0.2) is 12.6 Å². The molecule has 14 heteroatoms. The summed E-state index contributed by atoms with van der Waals surface area (Å²) in [7, 11) is -2.11. The van der Waals surface area contributed by atoms with Crippen LogP contribution in [0.25, 0.3) is 6.08 Å². The Bertz CT molecular complexity index is 1620. The molecule has 1 aliphatic heterocycles. The molecule has 1 saturated heterocycles. The molecule has 12 nitrogen and oxygen atoms in total. The molecule has 0 aromatic heterocycles. The van der Waals surface area contributed by atoms with Gasteiger partial charge in [0.2, 0.25) is 0 Å². The smallest absolute Gasteiger partial charge is 0.342 e. The molecule has 51 heavy (non-hydrogen) atoms. The molecule has 0 radical (unpaired) electrons. The van der Waals surface area contributed by atoms with Gasteiger partial charge in [0.1, 0.15) is 29.3 Å². The third kappa shape index (κ3) is 14.2. The first-order chi connectivity index (χ1) is 23.9. The van der Waals surface area contributed by atoms with Crippen LogP contribution in [0.2, 0.25) is 25.7 Å². The summed E-state index contributed by atoms with van der Waals surface area (Å²) >= 11 is 0. The largest absolute Gasteiger partial charge is 0.497 e. The minimum absolute atomic E-state index is 0.0920. The SMILES string of the molecule is COCOc1cc(OC)cc(/C=C/C[C@@H]2OC(C)(C)O[C@@H]2C(/C=C\C[C@@H](C)OS(C)(=O)=O)OC(=O)c2ccccc2)c1C(=O)OCC[Si](C)(C)C. The van der Waals surface area contributed by atoms with Gasteiger partial charge >= 0.3 is 11.9 Å². The quantitative estimate of drug-likeness (QED) is 0.0500. The number of ether oxygens (including phenoxy) is 7. The van der Waals surface area contributed by atoms with Gasteiger partial charge in [0.05, 0.1) is 37.7 Å². The molecule has 2 aromatic rings. The molecule has 1 fully saturated rings. The van der Waals surface area contributed by atoms with Crippen molar-refractivity contribution >= 4 is 36.2 Å². The van der Waals surface area contributed by atoms with Gasteiger partial charge in [-0.25, -0.2) is 9.59 Å². The zero-order chi connectivity index (χ0) is 37.8. The zero-order valence-corrected chi connectivity index (χ0v) is 32.8. The summed E-state index contributed by atoms with van der Waals surface area (Å²) in [5.41, 5.74) is 1.08. The normalized spacial score (nSPS) is 18.8. The Morgan fingerprint density at radius 3 is 2.35 bits per heavy atom. The highest BCUT2D eigenvalue weighted by atomic mass is 32.2. The van der Waals surface area contributed by atoms with Crippen LogP contribution in [0.1, 0.15) is 59.9 Å². The predicted octanol–water partition coefficient (Wildman–Crippen LogP) is 6.63. The fraction of sp³-hybridized carbons (Fsp3) is 0.514. The van der Waals surface area contributed by atoms with E-state index in [2.05, 4.69) is 19.6 Å². The molecule has 4 atom stereocenters. The number of methoxy groups -OCH3 is 2. The lowest BCUT2D eigenvalue weighted by atomic mass is 10.0. The Balaban J connectivity index is 1.93. The summed E-state index contributed by atoms with van der Waals surface area (Å²) in [4.78, 5) is 26.7. The van der Waals surface area contributed by atoms with Crippen LogP contribution < -0.4 is 9.47 Å². The fourth-order valence-electron chi connectivity index (χ4n) is 5.21. The van der Waals surface area contributed by atoms with Gasteiger partial charge < -0.3 is 33.2 Å². The van der Waals surface area contributed by atoms with E-state index in [0.717, 1.165) is 12.3 Å². The van der Waals surface area contributed by atoms with Crippen LogP contribution in [0, 0.1) is 0 Å². The van der Waals surface area contributed by atoms with E-state index in [4.69, 9.17) is 37.3 Å². The number of rotatable bonds is 19. The maximum atomic E-state index is 13.5. The van der Waals surface area contributed by atoms with Crippen LogP contribution in [0.3, 0.4) is 0 Å². The van der Waals surface area contributed by atoms with E-state index >= 15 is 0 Å². The molecule has 0 bridgehead atoms. The van der Waals surface area contributed by atoms with Crippen LogP contribution >= 0.6 is 0 Å². The lowest BCUT2D eigenvalue weighted by molar-refractivity contribution is -0.152. The van der Waals surface area contributed by atoms with Crippen molar-refractivity contribution in [2.45, 2.75) is 89.5 Å². The van der Waals surface area contributed by atoms with Crippen LogP contribution in [-0.2, 0) is 38.0 Å². The molecule has 1 unspecified atom stereocenters. The van der Waals surface area contributed by atoms with Gasteiger partial charge in [0, 0.05) is 21.3 Å². The van der Waals surface area contributed by atoms with Gasteiger partial charge in [-0.15, -0.1) is 0 Å². The fourth-order valence-corrected chi connectivity index (χ4v) is 6.60. The minimum atomic E-state index is -3.65. The monoisotopic (exact) mass is 748 g/mol. The second-order valence-electron chi connectivity index (χ2n) is 13.9. The Morgan fingerprint density at radius 2 is 1.73 bits per heavy atom. The summed E-state index contributed by atoms with van der Waals surface area (Å²) in [6.07, 6.45) is 5.55. The van der Waals surface area contributed by atoms with Gasteiger partial charge in [-0.1, -0.05) is 56.1 Å². The molecule has 1 aliphatic rings. The summed E-state index contributed by atoms with van der Waals surface area (Å²) < 4.78 is 68.9. The highest BCUT2D eigenvalue weighted by molar-refractivity contribution is 7.86. The molecule has 2 aromatic carbocycles. The van der Waals surface area contributed by atoms with Crippen molar-refractivity contribution in [1.29, 1.82) is 0 Å². The standard InChI is InChI=1S/C37H52O12SSi/c1-26(49-50(6,40)41)15-13-19-30(46-35(38)27-16-11-10-12-17-27)34-31(47-37(2,3)48-34)20-14-18-28-23-29(43-5)24-32(45-25-42-4)33(28)36(39)44-21-22-51(7,8)9/h10-14,16-19,23-24,26,30-31,34H,15,20-22,25H2,1-9H3/b18-14+,19-13-/t26-,30?,31+,34-/m1/s1. The molecule has 0 spiro atoms. The van der Waals surface area contributed by atoms with E-state index in [1.165, 1.54) is 14.2 Å². The molecule has 0 amide bonds. The Morgan fingerprint density at radius 1 is 1.02 bits per heavy atom. The second-order valence-corrected chi connectivity index (χ2v) is 21.1. The average molecular weight is 749 g/mol. The number of hydrogen-bond donors (Lipinski definition) is 0. The topological polar surface area (TPSA) is 142 Å². The molecular weight excluding hydrogens is 697 g/mol. The van der Waals surface area contributed by atoms with Gasteiger partial charge in [-0.2, -0.15) is 8.42 Å². The maximum Gasteiger partial charge on any atom is 0.342 e. The summed E-state index contributed by atoms with van der Waals surface area (Å²) in [6, 6.07) is 12.7. The lowest BCUT2D eigenvalue weighted by Gasteiger charge is -2.24. The van der Waals surface area contributed by atoms with Crippen molar-refractivity contribution in [2.24, 2.45) is 0 Å². The highest BCUT2D eigenvalue weighted by Crippen LogP contribution is 2.35. The molecule has 0 aliphatic carbocycles. The van der Waals surface area contributed by atoms with Crippen LogP contribution in [-0.4, -0.2) is 92.5 Å². The third-order valence-corrected chi connectivity index (χ3v) is 9.94. The molecule has 282 valence electrons. The van der Waals surface area contributed by atoms with Crippen molar-refractivity contribution in [3.8, 4) is 11.5 Å². The first-order valence-electron chi connectivity index (χ1n) is 16.8. The summed E-state index contributed by atoms with van der Waals surface area (Å²) in [5, 5.41) is 0. The van der Waals surface area contributed by atoms with E-state index in [1.54, 1.807) is 81.5 Å². The zero-order valence-electron chi connectivity index (χ0n) is 31.0. The number of benzene rings is 2. The lowest BCUT2D eigenvalue weighted by Crippen LogP contribution is -2.37. The molecule has 1 heterocycles. The van der Waals surface area contributed by atoms with Gasteiger partial charge in [0.25, 0.3) is 10.1 Å². The number of carbonyl (C=O) groups excluding carboxylic acids is 2. The van der Waals surface area contributed by atoms with Crippen molar-refractivity contribution in [3.05, 3.63) is 77.4 Å². The Labute approximate surface area is 303 Å². The number of hydrogen-bond acceptors (Lipinski definition) is 12. The molecule has 3 rings (SSSR count). The van der Waals surface area contributed by atoms with E-state index in [9.17, 15) is 18.0 Å². The van der Waals surface area contributed by atoms with Gasteiger partial charge in [-0.05, 0) is 69.5 Å². The van der Waals surface area contributed by atoms with Crippen LogP contribution in [0.4, 0.5) is 0 Å².